The number of halogens is 4. The minimum absolute atomic E-state index is 0.0878. The summed E-state index contributed by atoms with van der Waals surface area (Å²) in [6, 6.07) is 5.96. The fourth-order valence-corrected chi connectivity index (χ4v) is 2.15. The summed E-state index contributed by atoms with van der Waals surface area (Å²) in [6.45, 7) is 5.49. The van der Waals surface area contributed by atoms with Crippen LogP contribution in [-0.4, -0.2) is 16.4 Å². The number of carbonyl (C=O) groups excluding carboxylic acids is 1. The molecule has 2 aromatic rings. The van der Waals surface area contributed by atoms with E-state index in [1.165, 1.54) is 24.4 Å². The van der Waals surface area contributed by atoms with Crippen molar-refractivity contribution in [1.29, 1.82) is 0 Å². The van der Waals surface area contributed by atoms with Gasteiger partial charge in [-0.05, 0) is 51.1 Å². The lowest BCUT2D eigenvalue weighted by atomic mass is 10.1. The molecule has 0 aliphatic heterocycles. The molecule has 2 N–H and O–H groups in total. The van der Waals surface area contributed by atoms with Gasteiger partial charge in [-0.3, -0.25) is 9.78 Å². The quantitative estimate of drug-likeness (QED) is 0.796. The largest absolute Gasteiger partial charge is 0.416 e. The van der Waals surface area contributed by atoms with Crippen LogP contribution in [0.1, 0.15) is 36.8 Å². The highest BCUT2D eigenvalue weighted by Gasteiger charge is 2.31. The number of amides is 1. The number of carbonyl (C=O) groups is 1. The zero-order chi connectivity index (χ0) is 18.8. The Balaban J connectivity index is 2.27. The fourth-order valence-electron chi connectivity index (χ4n) is 1.99. The van der Waals surface area contributed by atoms with Gasteiger partial charge in [0, 0.05) is 17.4 Å². The number of rotatable bonds is 3. The summed E-state index contributed by atoms with van der Waals surface area (Å²) in [4.78, 5) is 16.1. The molecule has 4 nitrogen and oxygen atoms in total. The SMILES string of the molecule is CC(C)(C)NC(=O)c1cc(Nc2cc(C(F)(F)F)ccc2Cl)ccn1. The van der Waals surface area contributed by atoms with Gasteiger partial charge in [0.2, 0.25) is 0 Å². The van der Waals surface area contributed by atoms with Gasteiger partial charge in [0.15, 0.2) is 0 Å². The van der Waals surface area contributed by atoms with Crippen molar-refractivity contribution in [2.24, 2.45) is 0 Å². The second-order valence-electron chi connectivity index (χ2n) is 6.45. The van der Waals surface area contributed by atoms with Crippen LogP contribution in [0.3, 0.4) is 0 Å². The highest BCUT2D eigenvalue weighted by molar-refractivity contribution is 6.33. The molecular weight excluding hydrogens is 355 g/mol. The highest BCUT2D eigenvalue weighted by atomic mass is 35.5. The van der Waals surface area contributed by atoms with Crippen molar-refractivity contribution in [2.45, 2.75) is 32.5 Å². The first-order chi connectivity index (χ1) is 11.5. The Morgan fingerprint density at radius 2 is 1.80 bits per heavy atom. The van der Waals surface area contributed by atoms with E-state index in [1.54, 1.807) is 0 Å². The van der Waals surface area contributed by atoms with Crippen LogP contribution < -0.4 is 10.6 Å². The van der Waals surface area contributed by atoms with E-state index in [1.807, 2.05) is 20.8 Å². The normalized spacial score (nSPS) is 12.0. The molecular formula is C17H17ClF3N3O. The van der Waals surface area contributed by atoms with E-state index in [-0.39, 0.29) is 22.3 Å². The van der Waals surface area contributed by atoms with E-state index in [9.17, 15) is 18.0 Å². The number of aromatic nitrogens is 1. The maximum absolute atomic E-state index is 12.8. The van der Waals surface area contributed by atoms with E-state index in [4.69, 9.17) is 11.6 Å². The number of alkyl halides is 3. The monoisotopic (exact) mass is 371 g/mol. The Kier molecular flexibility index (Phi) is 5.27. The lowest BCUT2D eigenvalue weighted by Gasteiger charge is -2.20. The van der Waals surface area contributed by atoms with Gasteiger partial charge in [-0.25, -0.2) is 0 Å². The smallest absolute Gasteiger partial charge is 0.354 e. The van der Waals surface area contributed by atoms with Gasteiger partial charge in [-0.15, -0.1) is 0 Å². The highest BCUT2D eigenvalue weighted by Crippen LogP contribution is 2.34. The zero-order valence-corrected chi connectivity index (χ0v) is 14.6. The van der Waals surface area contributed by atoms with E-state index < -0.39 is 17.3 Å². The van der Waals surface area contributed by atoms with E-state index >= 15 is 0 Å². The number of pyridine rings is 1. The molecule has 0 bridgehead atoms. The average Bonchev–Trinajstić information content (AvgIpc) is 2.47. The topological polar surface area (TPSA) is 54.0 Å². The minimum Gasteiger partial charge on any atom is -0.354 e. The maximum atomic E-state index is 12.8. The van der Waals surface area contributed by atoms with Crippen LogP contribution in [0.5, 0.6) is 0 Å². The molecule has 0 unspecified atom stereocenters. The Hall–Kier alpha value is -2.28. The molecule has 1 heterocycles. The van der Waals surface area contributed by atoms with Gasteiger partial charge >= 0.3 is 6.18 Å². The molecule has 2 rings (SSSR count). The second-order valence-corrected chi connectivity index (χ2v) is 6.86. The molecule has 1 amide bonds. The van der Waals surface area contributed by atoms with Crippen LogP contribution in [0.15, 0.2) is 36.5 Å². The molecule has 0 fully saturated rings. The summed E-state index contributed by atoms with van der Waals surface area (Å²) >= 11 is 5.96. The molecule has 0 aliphatic carbocycles. The third-order valence-corrected chi connectivity index (χ3v) is 3.38. The molecule has 25 heavy (non-hydrogen) atoms. The number of nitrogens with zero attached hydrogens (tertiary/aromatic N) is 1. The van der Waals surface area contributed by atoms with Gasteiger partial charge in [0.1, 0.15) is 5.69 Å². The van der Waals surface area contributed by atoms with Gasteiger partial charge in [0.05, 0.1) is 16.3 Å². The van der Waals surface area contributed by atoms with Gasteiger partial charge in [-0.2, -0.15) is 13.2 Å². The van der Waals surface area contributed by atoms with Crippen molar-refractivity contribution < 1.29 is 18.0 Å². The van der Waals surface area contributed by atoms with E-state index in [0.717, 1.165) is 12.1 Å². The predicted molar refractivity (Wildman–Crippen MR) is 91.2 cm³/mol. The first-order valence-corrected chi connectivity index (χ1v) is 7.76. The molecule has 1 aromatic heterocycles. The number of hydrogen-bond acceptors (Lipinski definition) is 3. The lowest BCUT2D eigenvalue weighted by Crippen LogP contribution is -2.40. The van der Waals surface area contributed by atoms with Crippen molar-refractivity contribution in [3.8, 4) is 0 Å². The lowest BCUT2D eigenvalue weighted by molar-refractivity contribution is -0.137. The van der Waals surface area contributed by atoms with E-state index in [2.05, 4.69) is 15.6 Å². The summed E-state index contributed by atoms with van der Waals surface area (Å²) in [7, 11) is 0. The summed E-state index contributed by atoms with van der Waals surface area (Å²) < 4.78 is 38.5. The van der Waals surface area contributed by atoms with Crippen LogP contribution in [0.4, 0.5) is 24.5 Å². The Morgan fingerprint density at radius 3 is 2.40 bits per heavy atom. The fraction of sp³-hybridized carbons (Fsp3) is 0.294. The second kappa shape index (κ2) is 6.92. The molecule has 0 atom stereocenters. The van der Waals surface area contributed by atoms with Crippen LogP contribution in [0, 0.1) is 0 Å². The first kappa shape index (κ1) is 19.1. The molecule has 134 valence electrons. The van der Waals surface area contributed by atoms with Crippen molar-refractivity contribution >= 4 is 28.9 Å². The summed E-state index contributed by atoms with van der Waals surface area (Å²) in [6.07, 6.45) is -3.08. The van der Waals surface area contributed by atoms with Crippen molar-refractivity contribution in [3.63, 3.8) is 0 Å². The van der Waals surface area contributed by atoms with Gasteiger partial charge in [0.25, 0.3) is 5.91 Å². The molecule has 0 spiro atoms. The Labute approximate surface area is 148 Å². The van der Waals surface area contributed by atoms with Crippen LogP contribution in [0.2, 0.25) is 5.02 Å². The molecule has 0 radical (unpaired) electrons. The third kappa shape index (κ3) is 5.35. The molecule has 0 saturated heterocycles. The average molecular weight is 372 g/mol. The molecule has 0 aliphatic rings. The number of nitrogens with one attached hydrogen (secondary N) is 2. The van der Waals surface area contributed by atoms with Crippen molar-refractivity contribution in [1.82, 2.24) is 10.3 Å². The third-order valence-electron chi connectivity index (χ3n) is 3.05. The van der Waals surface area contributed by atoms with Crippen molar-refractivity contribution in [3.05, 3.63) is 52.8 Å². The first-order valence-electron chi connectivity index (χ1n) is 7.38. The van der Waals surface area contributed by atoms with Crippen LogP contribution >= 0.6 is 11.6 Å². The standard InChI is InChI=1S/C17H17ClF3N3O/c1-16(2,3)24-15(25)14-9-11(6-7-22-14)23-13-8-10(17(19,20)21)4-5-12(13)18/h4-9H,1-3H3,(H,22,23)(H,24,25). The maximum Gasteiger partial charge on any atom is 0.416 e. The number of hydrogen-bond donors (Lipinski definition) is 2. The number of benzene rings is 1. The summed E-state index contributed by atoms with van der Waals surface area (Å²) in [5, 5.41) is 5.68. The van der Waals surface area contributed by atoms with Crippen LogP contribution in [0.25, 0.3) is 0 Å². The molecule has 1 aromatic carbocycles. The summed E-state index contributed by atoms with van der Waals surface area (Å²) in [5.74, 6) is -0.383. The predicted octanol–water partition coefficient (Wildman–Crippen LogP) is 5.03. The van der Waals surface area contributed by atoms with E-state index in [0.29, 0.717) is 5.69 Å². The Bertz CT molecular complexity index is 785. The molecule has 0 saturated carbocycles. The number of anilines is 2. The Morgan fingerprint density at radius 1 is 1.12 bits per heavy atom. The molecule has 8 heteroatoms. The van der Waals surface area contributed by atoms with Gasteiger partial charge < -0.3 is 10.6 Å². The summed E-state index contributed by atoms with van der Waals surface area (Å²) in [5.41, 5.74) is -0.630. The van der Waals surface area contributed by atoms with Crippen molar-refractivity contribution in [2.75, 3.05) is 5.32 Å². The zero-order valence-electron chi connectivity index (χ0n) is 13.8. The van der Waals surface area contributed by atoms with Crippen LogP contribution in [-0.2, 0) is 6.18 Å². The minimum atomic E-state index is -4.48. The van der Waals surface area contributed by atoms with Gasteiger partial charge in [-0.1, -0.05) is 11.6 Å².